The molecule has 2 aromatic rings. The summed E-state index contributed by atoms with van der Waals surface area (Å²) in [4.78, 5) is 14.5. The molecular weight excluding hydrogens is 312 g/mol. The normalized spacial score (nSPS) is 11.4. The van der Waals surface area contributed by atoms with Crippen molar-refractivity contribution >= 4 is 27.3 Å². The molecule has 0 spiro atoms. The number of carbonyl (C=O) groups is 1. The van der Waals surface area contributed by atoms with Crippen LogP contribution in [0, 0.1) is 0 Å². The maximum absolute atomic E-state index is 11.9. The van der Waals surface area contributed by atoms with Gasteiger partial charge in [0.2, 0.25) is 10.0 Å². The zero-order valence-electron chi connectivity index (χ0n) is 11.0. The van der Waals surface area contributed by atoms with Gasteiger partial charge in [-0.05, 0) is 12.0 Å². The number of carboxylic acid groups (broad SMARTS) is 1. The SMILES string of the molecule is O=C(O)c1csc(CNS(=O)(=O)CCc2ccccc2)n1. The topological polar surface area (TPSA) is 96.4 Å². The Morgan fingerprint density at radius 3 is 2.62 bits per heavy atom. The highest BCUT2D eigenvalue weighted by molar-refractivity contribution is 7.89. The minimum atomic E-state index is -3.42. The lowest BCUT2D eigenvalue weighted by Crippen LogP contribution is -2.26. The maximum atomic E-state index is 11.9. The van der Waals surface area contributed by atoms with Crippen LogP contribution in [0.1, 0.15) is 21.1 Å². The minimum absolute atomic E-state index is 0.00900. The monoisotopic (exact) mass is 326 g/mol. The van der Waals surface area contributed by atoms with Gasteiger partial charge < -0.3 is 5.11 Å². The zero-order valence-corrected chi connectivity index (χ0v) is 12.7. The fourth-order valence-electron chi connectivity index (χ4n) is 1.63. The van der Waals surface area contributed by atoms with Crippen molar-refractivity contribution in [1.82, 2.24) is 9.71 Å². The third-order valence-corrected chi connectivity index (χ3v) is 4.89. The van der Waals surface area contributed by atoms with Crippen molar-refractivity contribution in [2.24, 2.45) is 0 Å². The first-order valence-corrected chi connectivity index (χ1v) is 8.68. The third-order valence-electron chi connectivity index (χ3n) is 2.72. The van der Waals surface area contributed by atoms with Crippen LogP contribution in [0.2, 0.25) is 0 Å². The minimum Gasteiger partial charge on any atom is -0.476 e. The number of aromatic nitrogens is 1. The van der Waals surface area contributed by atoms with Gasteiger partial charge in [0.15, 0.2) is 5.69 Å². The van der Waals surface area contributed by atoms with Gasteiger partial charge in [0.1, 0.15) is 5.01 Å². The van der Waals surface area contributed by atoms with E-state index in [1.54, 1.807) is 0 Å². The van der Waals surface area contributed by atoms with Crippen LogP contribution in [-0.2, 0) is 23.0 Å². The maximum Gasteiger partial charge on any atom is 0.355 e. The van der Waals surface area contributed by atoms with Gasteiger partial charge in [-0.25, -0.2) is 22.9 Å². The van der Waals surface area contributed by atoms with E-state index in [4.69, 9.17) is 5.11 Å². The average molecular weight is 326 g/mol. The highest BCUT2D eigenvalue weighted by atomic mass is 32.2. The molecule has 21 heavy (non-hydrogen) atoms. The van der Waals surface area contributed by atoms with E-state index < -0.39 is 16.0 Å². The Morgan fingerprint density at radius 2 is 2.00 bits per heavy atom. The summed E-state index contributed by atoms with van der Waals surface area (Å²) in [6, 6.07) is 9.33. The van der Waals surface area contributed by atoms with Crippen LogP contribution < -0.4 is 4.72 Å². The molecule has 0 atom stereocenters. The van der Waals surface area contributed by atoms with Crippen molar-refractivity contribution in [3.8, 4) is 0 Å². The average Bonchev–Trinajstić information content (AvgIpc) is 2.94. The van der Waals surface area contributed by atoms with Gasteiger partial charge in [-0.3, -0.25) is 0 Å². The number of carboxylic acids is 1. The van der Waals surface area contributed by atoms with Crippen molar-refractivity contribution in [2.75, 3.05) is 5.75 Å². The van der Waals surface area contributed by atoms with Crippen molar-refractivity contribution in [2.45, 2.75) is 13.0 Å². The lowest BCUT2D eigenvalue weighted by Gasteiger charge is -2.05. The van der Waals surface area contributed by atoms with Gasteiger partial charge >= 0.3 is 5.97 Å². The van der Waals surface area contributed by atoms with Crippen LogP contribution in [0.3, 0.4) is 0 Å². The number of aryl methyl sites for hydroxylation is 1. The predicted molar refractivity (Wildman–Crippen MR) is 79.8 cm³/mol. The molecule has 0 aliphatic heterocycles. The van der Waals surface area contributed by atoms with Crippen molar-refractivity contribution in [3.05, 3.63) is 52.0 Å². The number of thiazole rings is 1. The Bertz CT molecular complexity index is 711. The van der Waals surface area contributed by atoms with Crippen LogP contribution in [0.5, 0.6) is 0 Å². The molecule has 8 heteroatoms. The van der Waals surface area contributed by atoms with Gasteiger partial charge in [-0.2, -0.15) is 0 Å². The molecule has 112 valence electrons. The molecule has 0 fully saturated rings. The lowest BCUT2D eigenvalue weighted by molar-refractivity contribution is 0.0691. The summed E-state index contributed by atoms with van der Waals surface area (Å²) in [6.45, 7) is 0.00900. The highest BCUT2D eigenvalue weighted by Gasteiger charge is 2.13. The summed E-state index contributed by atoms with van der Waals surface area (Å²) in [5.74, 6) is -1.14. The first-order valence-electron chi connectivity index (χ1n) is 6.15. The van der Waals surface area contributed by atoms with Gasteiger partial charge in [0, 0.05) is 5.38 Å². The predicted octanol–water partition coefficient (Wildman–Crippen LogP) is 1.50. The van der Waals surface area contributed by atoms with Crippen molar-refractivity contribution in [3.63, 3.8) is 0 Å². The largest absolute Gasteiger partial charge is 0.476 e. The summed E-state index contributed by atoms with van der Waals surface area (Å²) in [6.07, 6.45) is 0.425. The molecule has 0 bridgehead atoms. The molecule has 1 aromatic carbocycles. The van der Waals surface area contributed by atoms with E-state index in [1.807, 2.05) is 30.3 Å². The number of benzene rings is 1. The van der Waals surface area contributed by atoms with Crippen LogP contribution in [0.25, 0.3) is 0 Å². The number of hydrogen-bond acceptors (Lipinski definition) is 5. The second-order valence-electron chi connectivity index (χ2n) is 4.31. The summed E-state index contributed by atoms with van der Waals surface area (Å²) >= 11 is 1.11. The van der Waals surface area contributed by atoms with Gasteiger partial charge in [-0.15, -0.1) is 11.3 Å². The Hall–Kier alpha value is -1.77. The molecule has 0 amide bonds. The number of nitrogens with zero attached hydrogens (tertiary/aromatic N) is 1. The molecule has 2 N–H and O–H groups in total. The summed E-state index contributed by atoms with van der Waals surface area (Å²) < 4.78 is 26.2. The molecular formula is C13H14N2O4S2. The summed E-state index contributed by atoms with van der Waals surface area (Å²) in [5, 5.41) is 10.6. The Kier molecular flexibility index (Phi) is 5.05. The Morgan fingerprint density at radius 1 is 1.29 bits per heavy atom. The molecule has 0 saturated heterocycles. The quantitative estimate of drug-likeness (QED) is 0.804. The smallest absolute Gasteiger partial charge is 0.355 e. The van der Waals surface area contributed by atoms with E-state index in [1.165, 1.54) is 5.38 Å². The van der Waals surface area contributed by atoms with E-state index in [0.717, 1.165) is 16.9 Å². The number of nitrogens with one attached hydrogen (secondary N) is 1. The highest BCUT2D eigenvalue weighted by Crippen LogP contribution is 2.10. The molecule has 2 rings (SSSR count). The fraction of sp³-hybridized carbons (Fsp3) is 0.231. The molecule has 0 aliphatic carbocycles. The first kappa shape index (κ1) is 15.6. The number of rotatable bonds is 7. The van der Waals surface area contributed by atoms with Gasteiger partial charge in [-0.1, -0.05) is 30.3 Å². The second-order valence-corrected chi connectivity index (χ2v) is 7.18. The van der Waals surface area contributed by atoms with Crippen LogP contribution in [0.4, 0.5) is 0 Å². The number of sulfonamides is 1. The molecule has 0 radical (unpaired) electrons. The van der Waals surface area contributed by atoms with Crippen molar-refractivity contribution < 1.29 is 18.3 Å². The van der Waals surface area contributed by atoms with Crippen molar-refractivity contribution in [1.29, 1.82) is 0 Å². The zero-order chi connectivity index (χ0) is 15.3. The van der Waals surface area contributed by atoms with Crippen LogP contribution in [0.15, 0.2) is 35.7 Å². The molecule has 0 saturated carbocycles. The van der Waals surface area contributed by atoms with E-state index in [0.29, 0.717) is 11.4 Å². The van der Waals surface area contributed by atoms with E-state index >= 15 is 0 Å². The molecule has 6 nitrogen and oxygen atoms in total. The van der Waals surface area contributed by atoms with E-state index in [2.05, 4.69) is 9.71 Å². The van der Waals surface area contributed by atoms with E-state index in [9.17, 15) is 13.2 Å². The van der Waals surface area contributed by atoms with Gasteiger partial charge in [0.05, 0.1) is 12.3 Å². The first-order chi connectivity index (χ1) is 9.96. The Balaban J connectivity index is 1.87. The fourth-order valence-corrected chi connectivity index (χ4v) is 3.44. The van der Waals surface area contributed by atoms with E-state index in [-0.39, 0.29) is 18.0 Å². The summed E-state index contributed by atoms with van der Waals surface area (Å²) in [7, 11) is -3.42. The Labute approximate surface area is 126 Å². The van der Waals surface area contributed by atoms with Crippen LogP contribution in [-0.4, -0.2) is 30.2 Å². The third kappa shape index (κ3) is 4.92. The van der Waals surface area contributed by atoms with Crippen LogP contribution >= 0.6 is 11.3 Å². The molecule has 1 heterocycles. The molecule has 0 aliphatic rings. The number of hydrogen-bond donors (Lipinski definition) is 2. The standard InChI is InChI=1S/C13H14N2O4S2/c16-13(17)11-9-20-12(15-11)8-14-21(18,19)7-6-10-4-2-1-3-5-10/h1-5,9,14H,6-8H2,(H,16,17). The summed E-state index contributed by atoms with van der Waals surface area (Å²) in [5.41, 5.74) is 0.878. The number of aromatic carboxylic acids is 1. The lowest BCUT2D eigenvalue weighted by atomic mass is 10.2. The van der Waals surface area contributed by atoms with Gasteiger partial charge in [0.25, 0.3) is 0 Å². The molecule has 0 unspecified atom stereocenters. The second kappa shape index (κ2) is 6.79. The molecule has 1 aromatic heterocycles.